The number of hydrogen-bond donors (Lipinski definition) is 3. The molecule has 0 unspecified atom stereocenters. The smallest absolute Gasteiger partial charge is 0.131 e. The zero-order valence-electron chi connectivity index (χ0n) is 8.74. The molecule has 0 aliphatic carbocycles. The summed E-state index contributed by atoms with van der Waals surface area (Å²) in [7, 11) is 1.65. The van der Waals surface area contributed by atoms with Gasteiger partial charge < -0.3 is 16.1 Å². The van der Waals surface area contributed by atoms with Gasteiger partial charge >= 0.3 is 0 Å². The standard InChI is InChI=1S/C10H12BrN5/c1-14-5-8(4-13)7(3-12)2-10-15-6-9(11)16-10/h2-6,12H,13H2,1H3,(H,15,16)/b7-2+,8-4?,12-3?,14-5?. The number of rotatable bonds is 4. The van der Waals surface area contributed by atoms with Crippen LogP contribution in [0.3, 0.4) is 0 Å². The van der Waals surface area contributed by atoms with Gasteiger partial charge in [0.05, 0.1) is 6.20 Å². The van der Waals surface area contributed by atoms with E-state index >= 15 is 0 Å². The zero-order chi connectivity index (χ0) is 12.0. The molecule has 0 fully saturated rings. The molecule has 0 aliphatic rings. The Morgan fingerprint density at radius 3 is 2.81 bits per heavy atom. The topological polar surface area (TPSA) is 90.9 Å². The SMILES string of the molecule is CN=CC(=CN)/C(C=N)=C/c1ncc(Br)[nH]1. The van der Waals surface area contributed by atoms with Gasteiger partial charge in [-0.2, -0.15) is 0 Å². The highest BCUT2D eigenvalue weighted by Gasteiger charge is 2.01. The Bertz CT molecular complexity index is 456. The van der Waals surface area contributed by atoms with Crippen LogP contribution in [-0.2, 0) is 0 Å². The summed E-state index contributed by atoms with van der Waals surface area (Å²) in [5, 5.41) is 7.32. The van der Waals surface area contributed by atoms with Crippen LogP contribution in [0.2, 0.25) is 0 Å². The van der Waals surface area contributed by atoms with Gasteiger partial charge in [-0.25, -0.2) is 4.98 Å². The van der Waals surface area contributed by atoms with Crippen LogP contribution in [0.4, 0.5) is 0 Å². The van der Waals surface area contributed by atoms with Crippen LogP contribution in [0.15, 0.2) is 33.1 Å². The van der Waals surface area contributed by atoms with E-state index in [0.29, 0.717) is 17.0 Å². The van der Waals surface area contributed by atoms with E-state index < -0.39 is 0 Å². The maximum Gasteiger partial charge on any atom is 0.131 e. The lowest BCUT2D eigenvalue weighted by Crippen LogP contribution is -1.97. The van der Waals surface area contributed by atoms with Crippen LogP contribution in [0.1, 0.15) is 5.82 Å². The number of allylic oxidation sites excluding steroid dienone is 2. The summed E-state index contributed by atoms with van der Waals surface area (Å²) in [6.07, 6.45) is 7.57. The second-order valence-electron chi connectivity index (χ2n) is 2.87. The Labute approximate surface area is 102 Å². The van der Waals surface area contributed by atoms with Gasteiger partial charge in [0.15, 0.2) is 0 Å². The number of imidazole rings is 1. The molecule has 0 amide bonds. The molecule has 16 heavy (non-hydrogen) atoms. The molecule has 0 atom stereocenters. The first-order valence-electron chi connectivity index (χ1n) is 4.48. The number of halogens is 1. The highest BCUT2D eigenvalue weighted by molar-refractivity contribution is 9.10. The third-order valence-corrected chi connectivity index (χ3v) is 2.20. The second kappa shape index (κ2) is 6.02. The second-order valence-corrected chi connectivity index (χ2v) is 3.72. The lowest BCUT2D eigenvalue weighted by molar-refractivity contribution is 1.25. The predicted molar refractivity (Wildman–Crippen MR) is 69.7 cm³/mol. The first-order valence-corrected chi connectivity index (χ1v) is 5.27. The van der Waals surface area contributed by atoms with Crippen LogP contribution in [0, 0.1) is 5.41 Å². The molecule has 0 bridgehead atoms. The van der Waals surface area contributed by atoms with Crippen molar-refractivity contribution in [3.63, 3.8) is 0 Å². The predicted octanol–water partition coefficient (Wildman–Crippen LogP) is 1.75. The van der Waals surface area contributed by atoms with Crippen LogP contribution < -0.4 is 5.73 Å². The normalized spacial score (nSPS) is 13.4. The lowest BCUT2D eigenvalue weighted by Gasteiger charge is -1.99. The molecule has 1 heterocycles. The number of aromatic nitrogens is 2. The van der Waals surface area contributed by atoms with Gasteiger partial charge in [-0.05, 0) is 22.0 Å². The van der Waals surface area contributed by atoms with Crippen molar-refractivity contribution in [1.82, 2.24) is 9.97 Å². The van der Waals surface area contributed by atoms with Crippen molar-refractivity contribution in [3.05, 3.63) is 34.0 Å². The number of nitrogens with two attached hydrogens (primary N) is 1. The number of nitrogens with one attached hydrogen (secondary N) is 2. The van der Waals surface area contributed by atoms with Crippen molar-refractivity contribution < 1.29 is 0 Å². The van der Waals surface area contributed by atoms with Gasteiger partial charge in [-0.1, -0.05) is 0 Å². The number of aliphatic imine (C=N–C) groups is 1. The fraction of sp³-hybridized carbons (Fsp3) is 0.100. The van der Waals surface area contributed by atoms with E-state index in [2.05, 4.69) is 30.9 Å². The summed E-state index contributed by atoms with van der Waals surface area (Å²) in [5.41, 5.74) is 6.76. The summed E-state index contributed by atoms with van der Waals surface area (Å²) in [6.45, 7) is 0. The molecule has 4 N–H and O–H groups in total. The first-order chi connectivity index (χ1) is 7.71. The number of nitrogens with zero attached hydrogens (tertiary/aromatic N) is 2. The van der Waals surface area contributed by atoms with Crippen LogP contribution in [-0.4, -0.2) is 29.4 Å². The van der Waals surface area contributed by atoms with Crippen molar-refractivity contribution >= 4 is 34.4 Å². The quantitative estimate of drug-likeness (QED) is 0.580. The molecule has 6 heteroatoms. The first kappa shape index (κ1) is 12.4. The highest BCUT2D eigenvalue weighted by atomic mass is 79.9. The molecule has 1 aromatic rings. The minimum Gasteiger partial charge on any atom is -0.404 e. The van der Waals surface area contributed by atoms with Crippen molar-refractivity contribution in [3.8, 4) is 0 Å². The molecule has 0 radical (unpaired) electrons. The van der Waals surface area contributed by atoms with Crippen molar-refractivity contribution in [2.75, 3.05) is 7.05 Å². The summed E-state index contributed by atoms with van der Waals surface area (Å²) < 4.78 is 0.783. The third-order valence-electron chi connectivity index (χ3n) is 1.79. The average molecular weight is 282 g/mol. The van der Waals surface area contributed by atoms with Crippen molar-refractivity contribution in [2.24, 2.45) is 10.7 Å². The summed E-state index contributed by atoms with van der Waals surface area (Å²) in [6, 6.07) is 0. The molecule has 1 rings (SSSR count). The molecule has 5 nitrogen and oxygen atoms in total. The Hall–Kier alpha value is -1.69. The molecule has 1 aromatic heterocycles. The number of hydrogen-bond acceptors (Lipinski definition) is 4. The van der Waals surface area contributed by atoms with Gasteiger partial charge in [0.1, 0.15) is 10.4 Å². The number of aromatic amines is 1. The van der Waals surface area contributed by atoms with Gasteiger partial charge in [0, 0.05) is 36.8 Å². The fourth-order valence-corrected chi connectivity index (χ4v) is 1.40. The average Bonchev–Trinajstić information content (AvgIpc) is 2.69. The van der Waals surface area contributed by atoms with E-state index in [1.165, 1.54) is 12.4 Å². The summed E-state index contributed by atoms with van der Waals surface area (Å²) in [5.74, 6) is 0.647. The van der Waals surface area contributed by atoms with Gasteiger partial charge in [-0.3, -0.25) is 4.99 Å². The van der Waals surface area contributed by atoms with E-state index in [9.17, 15) is 0 Å². The van der Waals surface area contributed by atoms with Crippen LogP contribution in [0.25, 0.3) is 6.08 Å². The van der Waals surface area contributed by atoms with Gasteiger partial charge in [-0.15, -0.1) is 0 Å². The van der Waals surface area contributed by atoms with E-state index in [1.54, 1.807) is 25.5 Å². The summed E-state index contributed by atoms with van der Waals surface area (Å²) in [4.78, 5) is 10.9. The minimum absolute atomic E-state index is 0.634. The molecular weight excluding hydrogens is 270 g/mol. The summed E-state index contributed by atoms with van der Waals surface area (Å²) >= 11 is 3.26. The maximum absolute atomic E-state index is 7.32. The largest absolute Gasteiger partial charge is 0.404 e. The molecule has 0 spiro atoms. The van der Waals surface area contributed by atoms with Gasteiger partial charge in [0.25, 0.3) is 0 Å². The Kier molecular flexibility index (Phi) is 4.65. The maximum atomic E-state index is 7.32. The zero-order valence-corrected chi connectivity index (χ0v) is 10.3. The molecule has 0 aromatic carbocycles. The van der Waals surface area contributed by atoms with E-state index in [0.717, 1.165) is 4.60 Å². The Morgan fingerprint density at radius 1 is 1.62 bits per heavy atom. The molecule has 84 valence electrons. The van der Waals surface area contributed by atoms with Gasteiger partial charge in [0.2, 0.25) is 0 Å². The monoisotopic (exact) mass is 281 g/mol. The molecule has 0 aliphatic heterocycles. The van der Waals surface area contributed by atoms with E-state index in [4.69, 9.17) is 11.1 Å². The van der Waals surface area contributed by atoms with E-state index in [1.807, 2.05) is 0 Å². The molecule has 0 saturated carbocycles. The minimum atomic E-state index is 0.634. The van der Waals surface area contributed by atoms with Crippen molar-refractivity contribution in [1.29, 1.82) is 5.41 Å². The fourth-order valence-electron chi connectivity index (χ4n) is 1.09. The Morgan fingerprint density at radius 2 is 2.38 bits per heavy atom. The number of H-pyrrole nitrogens is 1. The Balaban J connectivity index is 3.06. The molecular formula is C10H12BrN5. The van der Waals surface area contributed by atoms with E-state index in [-0.39, 0.29) is 0 Å². The third kappa shape index (κ3) is 3.16. The van der Waals surface area contributed by atoms with Crippen LogP contribution >= 0.6 is 15.9 Å². The van der Waals surface area contributed by atoms with Crippen molar-refractivity contribution in [2.45, 2.75) is 0 Å². The lowest BCUT2D eigenvalue weighted by atomic mass is 10.1. The molecule has 0 saturated heterocycles. The van der Waals surface area contributed by atoms with Crippen LogP contribution in [0.5, 0.6) is 0 Å². The highest BCUT2D eigenvalue weighted by Crippen LogP contribution is 2.11.